The molecule has 4 amide bonds. The molecule has 6 nitrogen and oxygen atoms in total. The highest BCUT2D eigenvalue weighted by molar-refractivity contribution is 6.45. The van der Waals surface area contributed by atoms with E-state index in [-0.39, 0.29) is 35.7 Å². The van der Waals surface area contributed by atoms with Crippen LogP contribution in [0, 0.1) is 0 Å². The monoisotopic (exact) mass is 1050 g/mol. The first-order valence-electron chi connectivity index (χ1n) is 31.9. The van der Waals surface area contributed by atoms with Crippen molar-refractivity contribution in [2.24, 2.45) is 0 Å². The lowest BCUT2D eigenvalue weighted by molar-refractivity contribution is 0.0501. The zero-order chi connectivity index (χ0) is 54.1. The summed E-state index contributed by atoms with van der Waals surface area (Å²) in [5.41, 5.74) is 2.56. The van der Waals surface area contributed by atoms with Crippen LogP contribution in [0.2, 0.25) is 0 Å². The molecular weight excluding hydrogens is 957 g/mol. The third-order valence-corrected chi connectivity index (χ3v) is 18.7. The summed E-state index contributed by atoms with van der Waals surface area (Å²) in [4.78, 5) is 63.3. The highest BCUT2D eigenvalue weighted by atomic mass is 16.2. The Balaban J connectivity index is 0.980. The second kappa shape index (κ2) is 26.1. The van der Waals surface area contributed by atoms with Crippen molar-refractivity contribution in [1.82, 2.24) is 9.80 Å². The molecular formula is C72H90N2O4. The largest absolute Gasteiger partial charge is 0.271 e. The average molecular weight is 1050 g/mol. The van der Waals surface area contributed by atoms with Gasteiger partial charge >= 0.3 is 0 Å². The van der Waals surface area contributed by atoms with Crippen LogP contribution >= 0.6 is 0 Å². The second-order valence-corrected chi connectivity index (χ2v) is 24.1. The Hall–Kier alpha value is -5.62. The van der Waals surface area contributed by atoms with Crippen molar-refractivity contribution in [3.05, 3.63) is 95.1 Å². The molecule has 412 valence electrons. The Kier molecular flexibility index (Phi) is 18.6. The quantitative estimate of drug-likeness (QED) is 0.0174. The summed E-state index contributed by atoms with van der Waals surface area (Å²) >= 11 is 0. The van der Waals surface area contributed by atoms with Gasteiger partial charge in [0, 0.05) is 45.1 Å². The lowest BCUT2D eigenvalue weighted by Gasteiger charge is -2.35. The van der Waals surface area contributed by atoms with Gasteiger partial charge in [-0.15, -0.1) is 0 Å². The molecule has 0 saturated heterocycles. The van der Waals surface area contributed by atoms with Gasteiger partial charge in [0.25, 0.3) is 23.6 Å². The number of carbonyl (C=O) groups is 4. The van der Waals surface area contributed by atoms with Gasteiger partial charge in [-0.3, -0.25) is 29.0 Å². The average Bonchev–Trinajstić information content (AvgIpc) is 2.64. The molecule has 78 heavy (non-hydrogen) atoms. The molecule has 6 heteroatoms. The lowest BCUT2D eigenvalue weighted by Crippen LogP contribution is -2.47. The molecule has 2 aliphatic heterocycles. The topological polar surface area (TPSA) is 74.8 Å². The van der Waals surface area contributed by atoms with Crippen LogP contribution in [0.3, 0.4) is 0 Å². The maximum absolute atomic E-state index is 15.0. The first-order valence-corrected chi connectivity index (χ1v) is 31.9. The third kappa shape index (κ3) is 10.9. The van der Waals surface area contributed by atoms with E-state index in [1.165, 1.54) is 128 Å². The van der Waals surface area contributed by atoms with Gasteiger partial charge in [0.2, 0.25) is 0 Å². The van der Waals surface area contributed by atoms with Gasteiger partial charge in [0.1, 0.15) is 0 Å². The molecule has 0 atom stereocenters. The van der Waals surface area contributed by atoms with E-state index in [0.29, 0.717) is 22.3 Å². The fraction of sp³-hybridized carbons (Fsp3) is 0.528. The Morgan fingerprint density at radius 1 is 0.244 bits per heavy atom. The van der Waals surface area contributed by atoms with Crippen molar-refractivity contribution in [3.63, 3.8) is 0 Å². The Labute approximate surface area is 466 Å². The van der Waals surface area contributed by atoms with Crippen LogP contribution in [-0.4, -0.2) is 45.5 Å². The van der Waals surface area contributed by atoms with E-state index in [1.807, 2.05) is 24.3 Å². The smallest absolute Gasteiger partial charge is 0.261 e. The van der Waals surface area contributed by atoms with E-state index in [2.05, 4.69) is 76.2 Å². The van der Waals surface area contributed by atoms with Gasteiger partial charge in [0.15, 0.2) is 0 Å². The summed E-state index contributed by atoms with van der Waals surface area (Å²) in [5.74, 6) is -0.568. The number of carbonyl (C=O) groups excluding carboxylic acids is 4. The number of unbranched alkanes of at least 4 members (excludes halogenated alkanes) is 24. The molecule has 2 heterocycles. The normalized spacial score (nSPS) is 14.0. The standard InChI is InChI=1S/C72H90N2O4/c1-5-9-13-17-21-25-29-33-49(34-30-26-22-18-14-10-6-2)73-69(75)59-45-41-55-51-37-39-53-57-43-47-61-68-62(72(78)74(71(61)77)50(35-31-27-23-19-15-11-7-3)36-32-28-24-20-16-12-8-4)48-44-58(66(57)68)54-40-38-52(63(51)64(53)54)56-42-46-60(70(73)76)67(59)65(55)56/h37-50H,5-36H2,1-4H3. The van der Waals surface area contributed by atoms with E-state index < -0.39 is 0 Å². The molecule has 0 aromatic heterocycles. The molecule has 8 aromatic carbocycles. The maximum Gasteiger partial charge on any atom is 0.261 e. The molecule has 10 rings (SSSR count). The van der Waals surface area contributed by atoms with Crippen molar-refractivity contribution in [1.29, 1.82) is 0 Å². The summed E-state index contributed by atoms with van der Waals surface area (Å²) in [5, 5.41) is 14.5. The molecule has 8 aromatic rings. The van der Waals surface area contributed by atoms with E-state index >= 15 is 0 Å². The Morgan fingerprint density at radius 2 is 0.423 bits per heavy atom. The first-order chi connectivity index (χ1) is 38.3. The minimum absolute atomic E-state index is 0.108. The van der Waals surface area contributed by atoms with Crippen LogP contribution in [0.5, 0.6) is 0 Å². The summed E-state index contributed by atoms with van der Waals surface area (Å²) in [7, 11) is 0. The van der Waals surface area contributed by atoms with Gasteiger partial charge in [-0.2, -0.15) is 0 Å². The summed E-state index contributed by atoms with van der Waals surface area (Å²) in [6.45, 7) is 9.03. The molecule has 2 aliphatic rings. The number of hydrogen-bond donors (Lipinski definition) is 0. The number of fused-ring (bicyclic) bond motifs is 4. The van der Waals surface area contributed by atoms with E-state index in [1.54, 1.807) is 9.80 Å². The van der Waals surface area contributed by atoms with Crippen LogP contribution in [-0.2, 0) is 0 Å². The number of nitrogens with zero attached hydrogens (tertiary/aromatic N) is 2. The molecule has 0 radical (unpaired) electrons. The Morgan fingerprint density at radius 3 is 0.641 bits per heavy atom. The van der Waals surface area contributed by atoms with Crippen LogP contribution in [0.25, 0.3) is 75.4 Å². The molecule has 0 aliphatic carbocycles. The van der Waals surface area contributed by atoms with Gasteiger partial charge in [-0.05, 0) is 115 Å². The van der Waals surface area contributed by atoms with Crippen LogP contribution in [0.15, 0.2) is 72.8 Å². The van der Waals surface area contributed by atoms with Gasteiger partial charge in [-0.25, -0.2) is 0 Å². The number of benzene rings is 8. The second-order valence-electron chi connectivity index (χ2n) is 24.1. The van der Waals surface area contributed by atoms with Gasteiger partial charge < -0.3 is 0 Å². The zero-order valence-electron chi connectivity index (χ0n) is 48.2. The SMILES string of the molecule is CCCCCCCCCC(CCCCCCCCC)N1C(=O)c2ccc3c4ccc5c6ccc7c8c(ccc(c9ccc(c%10ccc(c2c3%10)C1=O)c4c59)c86)C(=O)N(C(CCCCCCCCC)CCCCCCCCC)C7=O. The van der Waals surface area contributed by atoms with Crippen LogP contribution < -0.4 is 0 Å². The summed E-state index contributed by atoms with van der Waals surface area (Å²) in [6.07, 6.45) is 37.2. The van der Waals surface area contributed by atoms with Gasteiger partial charge in [0.05, 0.1) is 0 Å². The van der Waals surface area contributed by atoms with E-state index in [4.69, 9.17) is 0 Å². The number of rotatable bonds is 34. The first kappa shape index (κ1) is 55.7. The van der Waals surface area contributed by atoms with Crippen molar-refractivity contribution in [2.45, 2.75) is 245 Å². The fourth-order valence-electron chi connectivity index (χ4n) is 14.5. The summed E-state index contributed by atoms with van der Waals surface area (Å²) < 4.78 is 0. The predicted octanol–water partition coefficient (Wildman–Crippen LogP) is 21.1. The predicted molar refractivity (Wildman–Crippen MR) is 330 cm³/mol. The Bertz CT molecular complexity index is 2960. The summed E-state index contributed by atoms with van der Waals surface area (Å²) in [6, 6.07) is 25.3. The number of imide groups is 2. The minimum atomic E-state index is -0.142. The van der Waals surface area contributed by atoms with Gasteiger partial charge in [-0.1, -0.05) is 256 Å². The maximum atomic E-state index is 15.0. The molecule has 0 unspecified atom stereocenters. The van der Waals surface area contributed by atoms with Crippen molar-refractivity contribution < 1.29 is 19.2 Å². The van der Waals surface area contributed by atoms with Crippen molar-refractivity contribution in [2.75, 3.05) is 0 Å². The lowest BCUT2D eigenvalue weighted by atomic mass is 9.80. The fourth-order valence-corrected chi connectivity index (χ4v) is 14.5. The van der Waals surface area contributed by atoms with Crippen molar-refractivity contribution in [3.8, 4) is 0 Å². The molecule has 0 spiro atoms. The van der Waals surface area contributed by atoms with E-state index in [9.17, 15) is 19.2 Å². The third-order valence-electron chi connectivity index (χ3n) is 18.7. The highest BCUT2D eigenvalue weighted by Crippen LogP contribution is 2.50. The van der Waals surface area contributed by atoms with E-state index in [0.717, 1.165) is 152 Å². The zero-order valence-corrected chi connectivity index (χ0v) is 48.2. The van der Waals surface area contributed by atoms with Crippen LogP contribution in [0.1, 0.15) is 275 Å². The van der Waals surface area contributed by atoms with Crippen LogP contribution in [0.4, 0.5) is 0 Å². The van der Waals surface area contributed by atoms with Crippen molar-refractivity contribution >= 4 is 99.0 Å². The highest BCUT2D eigenvalue weighted by Gasteiger charge is 2.40. The molecule has 0 fully saturated rings. The molecule has 0 N–H and O–H groups in total. The molecule has 0 saturated carbocycles. The molecule has 0 bridgehead atoms. The minimum Gasteiger partial charge on any atom is -0.271 e. The number of hydrogen-bond acceptors (Lipinski definition) is 4. The number of amides is 4.